The molecule has 4 rings (SSSR count). The minimum Gasteiger partial charge on any atom is -0.487 e. The number of aromatic nitrogens is 2. The highest BCUT2D eigenvalue weighted by Crippen LogP contribution is 2.23. The maximum Gasteiger partial charge on any atom is 0.248 e. The number of hydrazone groups is 1. The highest BCUT2D eigenvalue weighted by Gasteiger charge is 2.15. The van der Waals surface area contributed by atoms with Crippen LogP contribution >= 0.6 is 0 Å². The van der Waals surface area contributed by atoms with Crippen LogP contribution < -0.4 is 4.74 Å². The Kier molecular flexibility index (Phi) is 4.01. The fourth-order valence-electron chi connectivity index (χ4n) is 2.50. The predicted octanol–water partition coefficient (Wildman–Crippen LogP) is 4.08. The summed E-state index contributed by atoms with van der Waals surface area (Å²) in [6.07, 6.45) is 5.55. The monoisotopic (exact) mass is 348 g/mol. The van der Waals surface area contributed by atoms with E-state index in [1.54, 1.807) is 5.01 Å². The van der Waals surface area contributed by atoms with Crippen molar-refractivity contribution in [1.29, 1.82) is 0 Å². The van der Waals surface area contributed by atoms with Crippen molar-refractivity contribution in [3.05, 3.63) is 78.1 Å². The molecule has 6 nitrogen and oxygen atoms in total. The average molecular weight is 348 g/mol. The Hall–Kier alpha value is -3.41. The number of rotatable bonds is 4. The molecule has 0 aliphatic carbocycles. The minimum absolute atomic E-state index is 0. The highest BCUT2D eigenvalue weighted by atomic mass is 16.5. The number of oxazole rings is 1. The van der Waals surface area contributed by atoms with Crippen molar-refractivity contribution < 1.29 is 10.6 Å². The molecule has 0 saturated heterocycles. The molecule has 132 valence electrons. The number of hydrogen-bond donors (Lipinski definition) is 0. The molecule has 0 spiro atoms. The van der Waals surface area contributed by atoms with Gasteiger partial charge in [0.15, 0.2) is 5.58 Å². The van der Waals surface area contributed by atoms with Crippen molar-refractivity contribution in [2.75, 3.05) is 7.05 Å². The second-order valence-electron chi connectivity index (χ2n) is 6.10. The van der Waals surface area contributed by atoms with E-state index < -0.39 is 0 Å². The average Bonchev–Trinajstić information content (AvgIpc) is 3.07. The van der Waals surface area contributed by atoms with Gasteiger partial charge in [-0.25, -0.2) is 4.98 Å². The minimum atomic E-state index is 0. The van der Waals surface area contributed by atoms with Gasteiger partial charge < -0.3 is 9.15 Å². The van der Waals surface area contributed by atoms with Crippen molar-refractivity contribution in [3.8, 4) is 5.75 Å². The van der Waals surface area contributed by atoms with E-state index in [-0.39, 0.29) is 1.43 Å². The molecule has 6 heteroatoms. The second kappa shape index (κ2) is 6.48. The van der Waals surface area contributed by atoms with Gasteiger partial charge in [-0.1, -0.05) is 12.6 Å². The van der Waals surface area contributed by atoms with E-state index in [4.69, 9.17) is 9.15 Å². The third-order valence-corrected chi connectivity index (χ3v) is 4.04. The number of allylic oxidation sites excluding steroid dienone is 2. The molecule has 0 bridgehead atoms. The predicted molar refractivity (Wildman–Crippen MR) is 102 cm³/mol. The maximum absolute atomic E-state index is 5.82. The fourth-order valence-corrected chi connectivity index (χ4v) is 2.50. The van der Waals surface area contributed by atoms with Crippen LogP contribution in [0.4, 0.5) is 0 Å². The number of benzene rings is 1. The van der Waals surface area contributed by atoms with Gasteiger partial charge in [-0.05, 0) is 42.8 Å². The molecule has 3 aromatic rings. The third-order valence-electron chi connectivity index (χ3n) is 4.04. The molecule has 3 heterocycles. The summed E-state index contributed by atoms with van der Waals surface area (Å²) < 4.78 is 11.6. The first kappa shape index (κ1) is 16.1. The van der Waals surface area contributed by atoms with Gasteiger partial charge in [0.1, 0.15) is 23.6 Å². The van der Waals surface area contributed by atoms with Crippen LogP contribution in [-0.2, 0) is 6.61 Å². The molecule has 2 aromatic heterocycles. The second-order valence-corrected chi connectivity index (χ2v) is 6.10. The molecule has 0 amide bonds. The van der Waals surface area contributed by atoms with Crippen LogP contribution in [0.3, 0.4) is 0 Å². The first-order valence-electron chi connectivity index (χ1n) is 8.23. The Morgan fingerprint density at radius 1 is 1.23 bits per heavy atom. The summed E-state index contributed by atoms with van der Waals surface area (Å²) >= 11 is 0. The summed E-state index contributed by atoms with van der Waals surface area (Å²) in [7, 11) is 1.83. The molecule has 1 aliphatic heterocycles. The molecule has 1 aliphatic rings. The molecule has 1 aromatic carbocycles. The van der Waals surface area contributed by atoms with Gasteiger partial charge in [0.25, 0.3) is 0 Å². The lowest BCUT2D eigenvalue weighted by Crippen LogP contribution is -2.16. The molecule has 0 N–H and O–H groups in total. The standard InChI is InChI=1S/C20H18N4O2.H2/c1-13-4-6-15(21-11-13)12-25-16-7-9-19-18(10-16)22-20(26-19)17-8-5-14(2)24(3)23-17;/h4-11H,2,12H2,1,3H3;1H. The number of nitrogens with zero attached hydrogens (tertiary/aromatic N) is 4. The summed E-state index contributed by atoms with van der Waals surface area (Å²) in [6, 6.07) is 9.53. The summed E-state index contributed by atoms with van der Waals surface area (Å²) in [5.74, 6) is 1.18. The molecule has 26 heavy (non-hydrogen) atoms. The lowest BCUT2D eigenvalue weighted by Gasteiger charge is -2.17. The van der Waals surface area contributed by atoms with Crippen molar-refractivity contribution in [2.45, 2.75) is 13.5 Å². The van der Waals surface area contributed by atoms with Gasteiger partial charge >= 0.3 is 0 Å². The zero-order valence-electron chi connectivity index (χ0n) is 14.6. The summed E-state index contributed by atoms with van der Waals surface area (Å²) in [4.78, 5) is 8.86. The van der Waals surface area contributed by atoms with Gasteiger partial charge in [-0.15, -0.1) is 0 Å². The number of ether oxygens (including phenoxy) is 1. The van der Waals surface area contributed by atoms with E-state index in [2.05, 4.69) is 21.6 Å². The third kappa shape index (κ3) is 3.21. The van der Waals surface area contributed by atoms with Crippen molar-refractivity contribution in [3.63, 3.8) is 0 Å². The zero-order chi connectivity index (χ0) is 18.1. The van der Waals surface area contributed by atoms with Gasteiger partial charge in [-0.3, -0.25) is 9.99 Å². The van der Waals surface area contributed by atoms with Crippen molar-refractivity contribution in [1.82, 2.24) is 15.0 Å². The van der Waals surface area contributed by atoms with Gasteiger partial charge in [0, 0.05) is 20.7 Å². The SMILES string of the molecule is C=C1C=CC(c2nc3cc(OCc4ccc(C)cn4)ccc3o2)=NN1C.[HH]. The summed E-state index contributed by atoms with van der Waals surface area (Å²) in [5.41, 5.74) is 4.87. The van der Waals surface area contributed by atoms with Crippen LogP contribution in [0.5, 0.6) is 5.75 Å². The van der Waals surface area contributed by atoms with Crippen LogP contribution in [0, 0.1) is 6.92 Å². The normalized spacial score (nSPS) is 14.0. The van der Waals surface area contributed by atoms with Crippen LogP contribution in [-0.4, -0.2) is 27.7 Å². The molecular weight excluding hydrogens is 328 g/mol. The quantitative estimate of drug-likeness (QED) is 0.711. The Labute approximate surface area is 152 Å². The number of hydrogen-bond acceptors (Lipinski definition) is 6. The smallest absolute Gasteiger partial charge is 0.248 e. The first-order valence-corrected chi connectivity index (χ1v) is 8.23. The lowest BCUT2D eigenvalue weighted by molar-refractivity contribution is 0.301. The van der Waals surface area contributed by atoms with Gasteiger partial charge in [-0.2, -0.15) is 5.10 Å². The van der Waals surface area contributed by atoms with Crippen LogP contribution in [0.25, 0.3) is 11.1 Å². The van der Waals surface area contributed by atoms with E-state index in [0.29, 0.717) is 29.5 Å². The van der Waals surface area contributed by atoms with Crippen LogP contribution in [0.2, 0.25) is 0 Å². The summed E-state index contributed by atoms with van der Waals surface area (Å²) in [6.45, 7) is 6.30. The topological polar surface area (TPSA) is 63.8 Å². The summed E-state index contributed by atoms with van der Waals surface area (Å²) in [5, 5.41) is 6.09. The molecule has 0 atom stereocenters. The van der Waals surface area contributed by atoms with Gasteiger partial charge in [0.05, 0.1) is 11.4 Å². The van der Waals surface area contributed by atoms with Crippen molar-refractivity contribution in [2.24, 2.45) is 5.10 Å². The molecule has 0 radical (unpaired) electrons. The Morgan fingerprint density at radius 3 is 2.88 bits per heavy atom. The fraction of sp³-hybridized carbons (Fsp3) is 0.150. The molecule has 0 fully saturated rings. The van der Waals surface area contributed by atoms with E-state index in [1.165, 1.54) is 0 Å². The van der Waals surface area contributed by atoms with E-state index >= 15 is 0 Å². The maximum atomic E-state index is 5.82. The molecular formula is C20H20N4O2. The number of likely N-dealkylation sites (N-methyl/N-ethyl adjacent to an activating group) is 1. The van der Waals surface area contributed by atoms with Crippen molar-refractivity contribution >= 4 is 16.8 Å². The van der Waals surface area contributed by atoms with Gasteiger partial charge in [0.2, 0.25) is 5.89 Å². The Balaban J connectivity index is 0.00000210. The van der Waals surface area contributed by atoms with Crippen LogP contribution in [0.15, 0.2) is 70.5 Å². The molecule has 0 unspecified atom stereocenters. The van der Waals surface area contributed by atoms with E-state index in [0.717, 1.165) is 22.5 Å². The number of fused-ring (bicyclic) bond motifs is 1. The van der Waals surface area contributed by atoms with E-state index in [9.17, 15) is 0 Å². The lowest BCUT2D eigenvalue weighted by atomic mass is 10.2. The Bertz CT molecular complexity index is 1040. The Morgan fingerprint density at radius 2 is 2.12 bits per heavy atom. The highest BCUT2D eigenvalue weighted by molar-refractivity contribution is 6.07. The number of pyridine rings is 1. The first-order chi connectivity index (χ1) is 12.6. The molecule has 0 saturated carbocycles. The largest absolute Gasteiger partial charge is 0.487 e. The zero-order valence-corrected chi connectivity index (χ0v) is 14.6. The number of aryl methyl sites for hydroxylation is 1. The van der Waals surface area contributed by atoms with Crippen LogP contribution in [0.1, 0.15) is 18.6 Å². The van der Waals surface area contributed by atoms with E-state index in [1.807, 2.05) is 62.7 Å².